The Kier molecular flexibility index (Phi) is 16.2. The van der Waals surface area contributed by atoms with Crippen molar-refractivity contribution in [3.63, 3.8) is 0 Å². The van der Waals surface area contributed by atoms with Crippen molar-refractivity contribution < 1.29 is 0 Å². The SMILES string of the molecule is CCCCC(CC)CC1(CC(CC)CCCC)c2cc(N(C3=CCC(C)(CC)C=C3)c3cccc4ccccc34)ccc2-c2ccc(N(c3ccc(C(C)(C)CCCC)cc3)c3cccc4ccccc34)cc21. The van der Waals surface area contributed by atoms with Crippen LogP contribution in [0, 0.1) is 17.3 Å². The highest BCUT2D eigenvalue weighted by molar-refractivity contribution is 6.00. The second-order valence-electron chi connectivity index (χ2n) is 23.2. The van der Waals surface area contributed by atoms with Gasteiger partial charge in [-0.1, -0.05) is 236 Å². The molecule has 2 nitrogen and oxygen atoms in total. The van der Waals surface area contributed by atoms with Crippen LogP contribution in [0.3, 0.4) is 0 Å². The molecule has 0 heterocycles. The van der Waals surface area contributed by atoms with Crippen molar-refractivity contribution >= 4 is 50.0 Å². The van der Waals surface area contributed by atoms with E-state index in [0.29, 0.717) is 11.8 Å². The van der Waals surface area contributed by atoms with Crippen molar-refractivity contribution in [2.24, 2.45) is 17.3 Å². The van der Waals surface area contributed by atoms with Gasteiger partial charge >= 0.3 is 0 Å². The smallest absolute Gasteiger partial charge is 0.0540 e. The number of fused-ring (bicyclic) bond motifs is 5. The van der Waals surface area contributed by atoms with E-state index in [4.69, 9.17) is 0 Å². The van der Waals surface area contributed by atoms with E-state index < -0.39 is 0 Å². The summed E-state index contributed by atoms with van der Waals surface area (Å²) in [6, 6.07) is 56.6. The number of allylic oxidation sites excluding steroid dienone is 3. The molecular formula is C71H86N2. The zero-order valence-electron chi connectivity index (χ0n) is 46.2. The number of hydrogen-bond acceptors (Lipinski definition) is 2. The summed E-state index contributed by atoms with van der Waals surface area (Å²) in [6.45, 7) is 21.6. The van der Waals surface area contributed by atoms with Crippen LogP contribution < -0.4 is 9.80 Å². The maximum Gasteiger partial charge on any atom is 0.0540 e. The molecule has 0 saturated carbocycles. The number of benzene rings is 7. The fraction of sp³-hybridized carbons (Fsp3) is 0.408. The summed E-state index contributed by atoms with van der Waals surface area (Å²) in [4.78, 5) is 5.19. The highest BCUT2D eigenvalue weighted by Crippen LogP contribution is 2.59. The molecule has 0 aromatic heterocycles. The second-order valence-corrected chi connectivity index (χ2v) is 23.2. The molecule has 0 N–H and O–H groups in total. The third-order valence-corrected chi connectivity index (χ3v) is 17.8. The van der Waals surface area contributed by atoms with E-state index in [9.17, 15) is 0 Å². The fourth-order valence-corrected chi connectivity index (χ4v) is 12.8. The minimum atomic E-state index is -0.181. The van der Waals surface area contributed by atoms with E-state index in [-0.39, 0.29) is 16.2 Å². The average Bonchev–Trinajstić information content (AvgIpc) is 3.68. The molecule has 2 aliphatic rings. The molecule has 7 aromatic carbocycles. The van der Waals surface area contributed by atoms with Crippen molar-refractivity contribution in [1.82, 2.24) is 0 Å². The standard InChI is InChI=1S/C71H86N2/c1-10-16-25-52(13-4)50-71(51-53(14-5)26-17-11-2)65-48-59(72(67-33-23-29-54-27-19-21-31-61(54)67)57-37-35-56(36-38-57)69(7,8)45-18-12-3)39-41-63(65)64-42-40-60(49-66(64)71)73(58-43-46-70(9,15-6)47-44-58)68-34-24-30-55-28-20-22-32-62(55)68/h19-24,27-44,46,48-49,52-53H,10-18,25-26,45,47,50-51H2,1-9H3. The van der Waals surface area contributed by atoms with Crippen molar-refractivity contribution in [3.8, 4) is 11.1 Å². The van der Waals surface area contributed by atoms with Crippen molar-refractivity contribution in [2.75, 3.05) is 9.80 Å². The zero-order chi connectivity index (χ0) is 51.2. The summed E-state index contributed by atoms with van der Waals surface area (Å²) in [6.07, 6.45) is 25.4. The molecule has 0 saturated heterocycles. The predicted octanol–water partition coefficient (Wildman–Crippen LogP) is 21.8. The third kappa shape index (κ3) is 10.6. The van der Waals surface area contributed by atoms with Gasteiger partial charge in [0.05, 0.1) is 11.4 Å². The molecule has 380 valence electrons. The van der Waals surface area contributed by atoms with E-state index in [1.807, 2.05) is 0 Å². The molecule has 9 rings (SSSR count). The Bertz CT molecular complexity index is 3010. The zero-order valence-corrected chi connectivity index (χ0v) is 46.2. The fourth-order valence-electron chi connectivity index (χ4n) is 12.8. The molecule has 73 heavy (non-hydrogen) atoms. The van der Waals surface area contributed by atoms with Gasteiger partial charge in [0, 0.05) is 38.9 Å². The Balaban J connectivity index is 1.29. The van der Waals surface area contributed by atoms with E-state index in [1.165, 1.54) is 154 Å². The van der Waals surface area contributed by atoms with Gasteiger partial charge in [-0.25, -0.2) is 0 Å². The maximum absolute atomic E-state index is 2.68. The van der Waals surface area contributed by atoms with Crippen LogP contribution in [-0.2, 0) is 10.8 Å². The summed E-state index contributed by atoms with van der Waals surface area (Å²) in [5.74, 6) is 1.22. The van der Waals surface area contributed by atoms with E-state index in [2.05, 4.69) is 236 Å². The number of anilines is 5. The van der Waals surface area contributed by atoms with Crippen LogP contribution in [0.25, 0.3) is 32.7 Å². The molecule has 0 fully saturated rings. The summed E-state index contributed by atoms with van der Waals surface area (Å²) < 4.78 is 0. The highest BCUT2D eigenvalue weighted by atomic mass is 15.2. The quantitative estimate of drug-likeness (QED) is 0.0630. The Morgan fingerprint density at radius 2 is 1.03 bits per heavy atom. The van der Waals surface area contributed by atoms with Gasteiger partial charge in [0.15, 0.2) is 0 Å². The van der Waals surface area contributed by atoms with Gasteiger partial charge < -0.3 is 9.80 Å². The molecule has 0 bridgehead atoms. The Labute approximate surface area is 441 Å². The Morgan fingerprint density at radius 1 is 0.534 bits per heavy atom. The lowest BCUT2D eigenvalue weighted by atomic mass is 9.65. The molecule has 0 aliphatic heterocycles. The van der Waals surface area contributed by atoms with Gasteiger partial charge in [0.1, 0.15) is 0 Å². The lowest BCUT2D eigenvalue weighted by Crippen LogP contribution is -2.32. The highest BCUT2D eigenvalue weighted by Gasteiger charge is 2.46. The van der Waals surface area contributed by atoms with Crippen LogP contribution in [0.5, 0.6) is 0 Å². The molecule has 3 atom stereocenters. The van der Waals surface area contributed by atoms with Gasteiger partial charge in [0.25, 0.3) is 0 Å². The van der Waals surface area contributed by atoms with E-state index in [0.717, 1.165) is 25.7 Å². The lowest BCUT2D eigenvalue weighted by Gasteiger charge is -2.40. The van der Waals surface area contributed by atoms with Gasteiger partial charge in [-0.3, -0.25) is 0 Å². The normalized spacial score (nSPS) is 18.1. The second kappa shape index (κ2) is 22.7. The van der Waals surface area contributed by atoms with Crippen LogP contribution in [0.1, 0.15) is 175 Å². The number of rotatable bonds is 23. The van der Waals surface area contributed by atoms with Crippen LogP contribution >= 0.6 is 0 Å². The summed E-state index contributed by atoms with van der Waals surface area (Å²) in [5, 5.41) is 5.09. The molecule has 0 amide bonds. The van der Waals surface area contributed by atoms with Gasteiger partial charge in [-0.15, -0.1) is 0 Å². The monoisotopic (exact) mass is 967 g/mol. The number of nitrogens with zero attached hydrogens (tertiary/aromatic N) is 2. The topological polar surface area (TPSA) is 6.48 Å². The van der Waals surface area contributed by atoms with Crippen LogP contribution in [0.2, 0.25) is 0 Å². The van der Waals surface area contributed by atoms with Crippen LogP contribution in [0.4, 0.5) is 28.4 Å². The van der Waals surface area contributed by atoms with Gasteiger partial charge in [-0.2, -0.15) is 0 Å². The first-order valence-electron chi connectivity index (χ1n) is 28.8. The molecule has 3 unspecified atom stereocenters. The van der Waals surface area contributed by atoms with Crippen molar-refractivity contribution in [2.45, 2.75) is 169 Å². The minimum absolute atomic E-state index is 0.112. The molecule has 0 radical (unpaired) electrons. The Morgan fingerprint density at radius 3 is 1.52 bits per heavy atom. The molecular weight excluding hydrogens is 881 g/mol. The molecule has 0 spiro atoms. The largest absolute Gasteiger partial charge is 0.310 e. The van der Waals surface area contributed by atoms with Crippen LogP contribution in [-0.4, -0.2) is 0 Å². The summed E-state index contributed by atoms with van der Waals surface area (Å²) in [7, 11) is 0. The van der Waals surface area contributed by atoms with Crippen molar-refractivity contribution in [1.29, 1.82) is 0 Å². The van der Waals surface area contributed by atoms with Gasteiger partial charge in [-0.05, 0) is 148 Å². The predicted molar refractivity (Wildman–Crippen MR) is 320 cm³/mol. The molecule has 7 aromatic rings. The van der Waals surface area contributed by atoms with E-state index in [1.54, 1.807) is 0 Å². The first-order chi connectivity index (χ1) is 35.5. The summed E-state index contributed by atoms with van der Waals surface area (Å²) in [5.41, 5.74) is 14.8. The average molecular weight is 967 g/mol. The Hall–Kier alpha value is -5.86. The summed E-state index contributed by atoms with van der Waals surface area (Å²) >= 11 is 0. The number of unbranched alkanes of at least 4 members (excludes halogenated alkanes) is 3. The first-order valence-corrected chi connectivity index (χ1v) is 28.8. The first kappa shape index (κ1) is 52.0. The minimum Gasteiger partial charge on any atom is -0.310 e. The maximum atomic E-state index is 2.68. The molecule has 2 heteroatoms. The van der Waals surface area contributed by atoms with Crippen LogP contribution in [0.15, 0.2) is 170 Å². The van der Waals surface area contributed by atoms with E-state index >= 15 is 0 Å². The van der Waals surface area contributed by atoms with Gasteiger partial charge in [0.2, 0.25) is 0 Å². The number of hydrogen-bond donors (Lipinski definition) is 0. The van der Waals surface area contributed by atoms with Crippen molar-refractivity contribution in [3.05, 3.63) is 186 Å². The molecule has 2 aliphatic carbocycles. The lowest BCUT2D eigenvalue weighted by molar-refractivity contribution is 0.266. The third-order valence-electron chi connectivity index (χ3n) is 17.8.